The van der Waals surface area contributed by atoms with E-state index in [2.05, 4.69) is 69.2 Å². The Balaban J connectivity index is 4.60. The van der Waals surface area contributed by atoms with Crippen LogP contribution in [0.2, 0.25) is 0 Å². The van der Waals surface area contributed by atoms with Crippen LogP contribution in [-0.4, -0.2) is 19.8 Å². The first-order valence-corrected chi connectivity index (χ1v) is 20.4. The Hall–Kier alpha value is 0.110. The number of phosphoric acid groups is 1. The van der Waals surface area contributed by atoms with Gasteiger partial charge in [0.25, 0.3) is 0 Å². The van der Waals surface area contributed by atoms with Gasteiger partial charge in [0, 0.05) is 0 Å². The van der Waals surface area contributed by atoms with E-state index in [4.69, 9.17) is 13.6 Å². The second kappa shape index (κ2) is 27.2. The summed E-state index contributed by atoms with van der Waals surface area (Å²) in [6.07, 6.45) is 21.9. The molecule has 4 nitrogen and oxygen atoms in total. The molecule has 0 saturated carbocycles. The molecule has 0 aromatic heterocycles. The van der Waals surface area contributed by atoms with Crippen LogP contribution >= 0.6 is 7.82 Å². The standard InChI is InChI=1S/C38H79O4P/c1-11-13-26-38(12-2)31-42-43(39,40-29-27-36(9)24-16-22-34(7)20-14-18-32(3)4)41-30-28-37(10)25-17-23-35(8)21-15-19-33(5)6/h32-38H,11-31H2,1-10H3. The molecule has 0 aromatic rings. The second-order valence-electron chi connectivity index (χ2n) is 15.3. The van der Waals surface area contributed by atoms with Crippen molar-refractivity contribution in [3.05, 3.63) is 0 Å². The minimum atomic E-state index is -3.56. The van der Waals surface area contributed by atoms with Gasteiger partial charge >= 0.3 is 7.82 Å². The van der Waals surface area contributed by atoms with E-state index in [1.54, 1.807) is 0 Å². The van der Waals surface area contributed by atoms with Crippen LogP contribution in [0.4, 0.5) is 0 Å². The number of rotatable bonds is 31. The number of phosphoric ester groups is 1. The predicted octanol–water partition coefficient (Wildman–Crippen LogP) is 13.7. The maximum Gasteiger partial charge on any atom is 0.474 e. The van der Waals surface area contributed by atoms with Gasteiger partial charge in [0.2, 0.25) is 0 Å². The third-order valence-corrected chi connectivity index (χ3v) is 10.9. The number of unbranched alkanes of at least 4 members (excludes halogenated alkanes) is 1. The fourth-order valence-electron chi connectivity index (χ4n) is 5.89. The molecule has 0 aliphatic rings. The molecule has 0 bridgehead atoms. The third-order valence-electron chi connectivity index (χ3n) is 9.48. The lowest BCUT2D eigenvalue weighted by Crippen LogP contribution is -2.12. The van der Waals surface area contributed by atoms with Crippen molar-refractivity contribution in [1.82, 2.24) is 0 Å². The Morgan fingerprint density at radius 1 is 0.465 bits per heavy atom. The van der Waals surface area contributed by atoms with Crippen LogP contribution in [0.15, 0.2) is 0 Å². The minimum absolute atomic E-state index is 0.406. The molecule has 0 N–H and O–H groups in total. The molecule has 0 fully saturated rings. The normalized spacial score (nSPS) is 17.2. The molecular weight excluding hydrogens is 551 g/mol. The lowest BCUT2D eigenvalue weighted by atomic mass is 9.93. The fraction of sp³-hybridized carbons (Fsp3) is 1.00. The molecule has 0 saturated heterocycles. The van der Waals surface area contributed by atoms with Crippen molar-refractivity contribution in [3.8, 4) is 0 Å². The van der Waals surface area contributed by atoms with E-state index in [0.29, 0.717) is 37.6 Å². The van der Waals surface area contributed by atoms with E-state index in [9.17, 15) is 4.57 Å². The topological polar surface area (TPSA) is 44.8 Å². The molecule has 0 aliphatic carbocycles. The fourth-order valence-corrected chi connectivity index (χ4v) is 7.17. The Kier molecular flexibility index (Phi) is 27.3. The molecule has 0 radical (unpaired) electrons. The summed E-state index contributed by atoms with van der Waals surface area (Å²) in [6, 6.07) is 0. The lowest BCUT2D eigenvalue weighted by Gasteiger charge is -2.23. The van der Waals surface area contributed by atoms with Gasteiger partial charge in [-0.1, -0.05) is 166 Å². The van der Waals surface area contributed by atoms with Crippen molar-refractivity contribution < 1.29 is 18.1 Å². The van der Waals surface area contributed by atoms with Gasteiger partial charge in [-0.25, -0.2) is 4.57 Å². The predicted molar refractivity (Wildman–Crippen MR) is 190 cm³/mol. The van der Waals surface area contributed by atoms with Crippen molar-refractivity contribution >= 4 is 7.82 Å². The zero-order valence-corrected chi connectivity index (χ0v) is 31.9. The molecule has 260 valence electrons. The van der Waals surface area contributed by atoms with Crippen LogP contribution in [0.25, 0.3) is 0 Å². The molecule has 0 spiro atoms. The van der Waals surface area contributed by atoms with Crippen LogP contribution in [0, 0.1) is 41.4 Å². The average Bonchev–Trinajstić information content (AvgIpc) is 2.93. The monoisotopic (exact) mass is 631 g/mol. The molecule has 0 rings (SSSR count). The van der Waals surface area contributed by atoms with Crippen LogP contribution in [0.5, 0.6) is 0 Å². The van der Waals surface area contributed by atoms with Crippen molar-refractivity contribution in [2.45, 2.75) is 185 Å². The first-order valence-electron chi connectivity index (χ1n) is 18.9. The second-order valence-corrected chi connectivity index (χ2v) is 17.0. The molecule has 0 heterocycles. The number of hydrogen-bond acceptors (Lipinski definition) is 4. The Morgan fingerprint density at radius 2 is 0.837 bits per heavy atom. The highest BCUT2D eigenvalue weighted by molar-refractivity contribution is 7.48. The van der Waals surface area contributed by atoms with Crippen molar-refractivity contribution in [1.29, 1.82) is 0 Å². The molecule has 0 amide bonds. The molecule has 5 atom stereocenters. The van der Waals surface area contributed by atoms with Crippen LogP contribution < -0.4 is 0 Å². The van der Waals surface area contributed by atoms with E-state index < -0.39 is 7.82 Å². The van der Waals surface area contributed by atoms with Gasteiger partial charge in [0.1, 0.15) is 0 Å². The number of hydrogen-bond donors (Lipinski definition) is 0. The van der Waals surface area contributed by atoms with E-state index in [1.807, 2.05) is 0 Å². The SMILES string of the molecule is CCCCC(CC)COP(=O)(OCCC(C)CCCC(C)CCCC(C)C)OCCC(C)CCCC(C)CCCC(C)C. The van der Waals surface area contributed by atoms with Crippen LogP contribution in [-0.2, 0) is 18.1 Å². The molecule has 0 aromatic carbocycles. The van der Waals surface area contributed by atoms with Crippen LogP contribution in [0.3, 0.4) is 0 Å². The summed E-state index contributed by atoms with van der Waals surface area (Å²) < 4.78 is 31.6. The van der Waals surface area contributed by atoms with E-state index in [-0.39, 0.29) is 0 Å². The smallest absolute Gasteiger partial charge is 0.287 e. The van der Waals surface area contributed by atoms with Gasteiger partial charge in [0.05, 0.1) is 19.8 Å². The van der Waals surface area contributed by atoms with E-state index in [1.165, 1.54) is 89.9 Å². The van der Waals surface area contributed by atoms with Gasteiger partial charge in [-0.3, -0.25) is 13.6 Å². The minimum Gasteiger partial charge on any atom is -0.287 e. The van der Waals surface area contributed by atoms with Crippen molar-refractivity contribution in [2.24, 2.45) is 41.4 Å². The first kappa shape index (κ1) is 43.1. The van der Waals surface area contributed by atoms with Gasteiger partial charge in [0.15, 0.2) is 0 Å². The first-order chi connectivity index (χ1) is 20.4. The van der Waals surface area contributed by atoms with Crippen molar-refractivity contribution in [2.75, 3.05) is 19.8 Å². The average molecular weight is 631 g/mol. The molecule has 0 aliphatic heterocycles. The summed E-state index contributed by atoms with van der Waals surface area (Å²) >= 11 is 0. The summed E-state index contributed by atoms with van der Waals surface area (Å²) in [4.78, 5) is 0. The molecule has 5 heteroatoms. The Morgan fingerprint density at radius 3 is 1.19 bits per heavy atom. The highest BCUT2D eigenvalue weighted by Crippen LogP contribution is 2.50. The van der Waals surface area contributed by atoms with Crippen molar-refractivity contribution in [3.63, 3.8) is 0 Å². The Bertz CT molecular complexity index is 610. The van der Waals surface area contributed by atoms with Gasteiger partial charge in [-0.05, 0) is 60.7 Å². The Labute approximate surface area is 271 Å². The molecule has 5 unspecified atom stereocenters. The summed E-state index contributed by atoms with van der Waals surface area (Å²) in [5.74, 6) is 4.75. The maximum atomic E-state index is 13.7. The van der Waals surface area contributed by atoms with Crippen LogP contribution in [0.1, 0.15) is 185 Å². The highest BCUT2D eigenvalue weighted by Gasteiger charge is 2.28. The van der Waals surface area contributed by atoms with E-state index in [0.717, 1.165) is 49.4 Å². The lowest BCUT2D eigenvalue weighted by molar-refractivity contribution is 0.0896. The van der Waals surface area contributed by atoms with E-state index >= 15 is 0 Å². The largest absolute Gasteiger partial charge is 0.474 e. The van der Waals surface area contributed by atoms with Gasteiger partial charge in [-0.2, -0.15) is 0 Å². The maximum absolute atomic E-state index is 13.7. The molecule has 43 heavy (non-hydrogen) atoms. The van der Waals surface area contributed by atoms with Gasteiger partial charge < -0.3 is 0 Å². The zero-order valence-electron chi connectivity index (χ0n) is 31.0. The summed E-state index contributed by atoms with van der Waals surface area (Å²) in [5, 5.41) is 0. The third kappa shape index (κ3) is 27.0. The summed E-state index contributed by atoms with van der Waals surface area (Å²) in [5.41, 5.74) is 0. The summed E-state index contributed by atoms with van der Waals surface area (Å²) in [6.45, 7) is 24.4. The summed E-state index contributed by atoms with van der Waals surface area (Å²) in [7, 11) is -3.56. The highest BCUT2D eigenvalue weighted by atomic mass is 31.2. The molecular formula is C38H79O4P. The quantitative estimate of drug-likeness (QED) is 0.0715. The zero-order chi connectivity index (χ0) is 32.5. The van der Waals surface area contributed by atoms with Gasteiger partial charge in [-0.15, -0.1) is 0 Å².